The molecule has 2 heterocycles. The van der Waals surface area contributed by atoms with E-state index in [0.717, 1.165) is 5.69 Å². The Morgan fingerprint density at radius 3 is 2.27 bits per heavy atom. The maximum Gasteiger partial charge on any atom is 0.474 e. The van der Waals surface area contributed by atoms with Gasteiger partial charge in [0.25, 0.3) is 11.5 Å². The smallest absolute Gasteiger partial charge is 0.474 e. The van der Waals surface area contributed by atoms with Crippen LogP contribution in [-0.2, 0) is 34.3 Å². The zero-order chi connectivity index (χ0) is 40.4. The largest absolute Gasteiger partial charge is 0.481 e. The standard InChI is InChI=1S/C30H36N7O7P.C6H10O4/c1-4-42-45(41,43-5-2)44-17-9-8-16-31-28(39)24-10-6-7-11-25(24)35-30-36-27-26(29(40)37-30)34-23(19-33-27)18-32-22-14-12-21(13-15-22)20(3)38;1-4(6(9)10)2-3-5(7)8/h6-7,10-15,19,32H,4-5,8-9,16-18H2,1-3H3,(H,31,39)(H2,33,35,36,37,40);4H,2-3H2,1H3,(H,7,8)(H,9,10). The fourth-order valence-electron chi connectivity index (χ4n) is 4.62. The fourth-order valence-corrected chi connectivity index (χ4v) is 5.83. The number of aromatic nitrogens is 4. The monoisotopic (exact) mass is 783 g/mol. The molecule has 0 aliphatic rings. The molecule has 0 radical (unpaired) electrons. The Bertz CT molecular complexity index is 2020. The Morgan fingerprint density at radius 1 is 0.945 bits per heavy atom. The molecule has 2 aromatic heterocycles. The predicted octanol–water partition coefficient (Wildman–Crippen LogP) is 5.55. The van der Waals surface area contributed by atoms with Crippen LogP contribution in [0.3, 0.4) is 0 Å². The SMILES string of the molecule is CC(CCC(=O)O)C(=O)O.CCOP(=O)(OCC)OCCCCNC(=O)c1ccccc1Nc1nc2ncc(CNc3ccc(C(C)=O)cc3)nc2c(=O)[nH]1. The summed E-state index contributed by atoms with van der Waals surface area (Å²) in [7, 11) is -3.56. The van der Waals surface area contributed by atoms with E-state index in [9.17, 15) is 28.5 Å². The molecule has 55 heavy (non-hydrogen) atoms. The van der Waals surface area contributed by atoms with Crippen molar-refractivity contribution < 1.29 is 47.5 Å². The number of hydrogen-bond donors (Lipinski definition) is 6. The first-order valence-electron chi connectivity index (χ1n) is 17.5. The Kier molecular flexibility index (Phi) is 17.5. The summed E-state index contributed by atoms with van der Waals surface area (Å²) in [5, 5.41) is 25.5. The van der Waals surface area contributed by atoms with Gasteiger partial charge in [0.2, 0.25) is 5.95 Å². The molecule has 19 heteroatoms. The van der Waals surface area contributed by atoms with Crippen LogP contribution in [0.2, 0.25) is 0 Å². The van der Waals surface area contributed by atoms with E-state index in [2.05, 4.69) is 35.9 Å². The van der Waals surface area contributed by atoms with Gasteiger partial charge in [0, 0.05) is 24.2 Å². The van der Waals surface area contributed by atoms with Gasteiger partial charge < -0.3 is 26.2 Å². The van der Waals surface area contributed by atoms with Crippen molar-refractivity contribution >= 4 is 59.9 Å². The zero-order valence-corrected chi connectivity index (χ0v) is 31.9. The van der Waals surface area contributed by atoms with Crippen molar-refractivity contribution in [1.82, 2.24) is 25.3 Å². The minimum atomic E-state index is -3.56. The number of hydrogen-bond acceptors (Lipinski definition) is 14. The van der Waals surface area contributed by atoms with Crippen LogP contribution >= 0.6 is 7.82 Å². The molecule has 0 aliphatic heterocycles. The van der Waals surface area contributed by atoms with Crippen LogP contribution in [0.1, 0.15) is 79.8 Å². The normalized spacial score (nSPS) is 11.6. The summed E-state index contributed by atoms with van der Waals surface area (Å²) < 4.78 is 27.8. The van der Waals surface area contributed by atoms with Gasteiger partial charge >= 0.3 is 19.8 Å². The highest BCUT2D eigenvalue weighted by Crippen LogP contribution is 2.49. The maximum atomic E-state index is 12.9. The van der Waals surface area contributed by atoms with Crippen molar-refractivity contribution in [3.63, 3.8) is 0 Å². The number of carbonyl (C=O) groups excluding carboxylic acids is 2. The van der Waals surface area contributed by atoms with Crippen LogP contribution in [0.25, 0.3) is 11.2 Å². The number of phosphoric acid groups is 1. The number of carboxylic acid groups (broad SMARTS) is 2. The number of ketones is 1. The number of nitrogens with zero attached hydrogens (tertiary/aromatic N) is 3. The number of carboxylic acids is 2. The number of nitrogens with one attached hydrogen (secondary N) is 4. The average Bonchev–Trinajstić information content (AvgIpc) is 3.15. The molecule has 2 aromatic carbocycles. The second-order valence-corrected chi connectivity index (χ2v) is 13.5. The van der Waals surface area contributed by atoms with Gasteiger partial charge in [-0.05, 0) is 76.4 Å². The Balaban J connectivity index is 0.000000712. The number of aromatic amines is 1. The summed E-state index contributed by atoms with van der Waals surface area (Å²) in [6.07, 6.45) is 2.74. The summed E-state index contributed by atoms with van der Waals surface area (Å²) in [6.45, 7) is 7.63. The summed E-state index contributed by atoms with van der Waals surface area (Å²) in [5.74, 6) is -2.70. The maximum absolute atomic E-state index is 12.9. The third-order valence-corrected chi connectivity index (χ3v) is 9.20. The van der Waals surface area contributed by atoms with Gasteiger partial charge in [0.05, 0.1) is 55.4 Å². The lowest BCUT2D eigenvalue weighted by Crippen LogP contribution is -2.25. The molecule has 1 atom stereocenters. The molecule has 4 rings (SSSR count). The van der Waals surface area contributed by atoms with E-state index >= 15 is 0 Å². The van der Waals surface area contributed by atoms with E-state index in [0.29, 0.717) is 48.4 Å². The van der Waals surface area contributed by atoms with Crippen LogP contribution in [0.15, 0.2) is 59.5 Å². The lowest BCUT2D eigenvalue weighted by Gasteiger charge is -2.16. The molecule has 0 bridgehead atoms. The molecule has 0 saturated carbocycles. The van der Waals surface area contributed by atoms with Crippen molar-refractivity contribution in [3.05, 3.63) is 81.9 Å². The van der Waals surface area contributed by atoms with Crippen LogP contribution in [0.4, 0.5) is 17.3 Å². The Hall–Kier alpha value is -5.55. The van der Waals surface area contributed by atoms with E-state index < -0.39 is 31.2 Å². The van der Waals surface area contributed by atoms with Crippen molar-refractivity contribution in [1.29, 1.82) is 0 Å². The van der Waals surface area contributed by atoms with Crippen LogP contribution in [-0.4, -0.2) is 80.1 Å². The number of carbonyl (C=O) groups is 4. The molecule has 6 N–H and O–H groups in total. The number of phosphoric ester groups is 1. The second kappa shape index (κ2) is 22.0. The molecule has 4 aromatic rings. The van der Waals surface area contributed by atoms with Gasteiger partial charge in [-0.15, -0.1) is 0 Å². The topological polar surface area (TPSA) is 261 Å². The molecule has 1 amide bonds. The van der Waals surface area contributed by atoms with Gasteiger partial charge in [-0.2, -0.15) is 4.98 Å². The van der Waals surface area contributed by atoms with Gasteiger partial charge in [-0.1, -0.05) is 19.1 Å². The minimum absolute atomic E-state index is 0.0146. The molecule has 0 aliphatic carbocycles. The number of Topliss-reactive ketones (excluding diaryl/α,β-unsaturated/α-hetero) is 1. The first-order valence-corrected chi connectivity index (χ1v) is 18.9. The van der Waals surface area contributed by atoms with Crippen LogP contribution in [0.5, 0.6) is 0 Å². The Labute approximate surface area is 317 Å². The predicted molar refractivity (Wildman–Crippen MR) is 203 cm³/mol. The average molecular weight is 784 g/mol. The van der Waals surface area contributed by atoms with Crippen molar-refractivity contribution in [3.8, 4) is 0 Å². The second-order valence-electron chi connectivity index (χ2n) is 11.9. The van der Waals surface area contributed by atoms with Gasteiger partial charge in [-0.3, -0.25) is 42.5 Å². The fraction of sp³-hybridized carbons (Fsp3) is 0.389. The summed E-state index contributed by atoms with van der Waals surface area (Å²) in [5.41, 5.74) is 2.42. The van der Waals surface area contributed by atoms with Crippen molar-refractivity contribution in [2.24, 2.45) is 5.92 Å². The number of anilines is 3. The minimum Gasteiger partial charge on any atom is -0.481 e. The molecule has 0 saturated heterocycles. The van der Waals surface area contributed by atoms with Crippen LogP contribution in [0, 0.1) is 5.92 Å². The number of para-hydroxylation sites is 1. The molecule has 296 valence electrons. The number of rotatable bonds is 21. The van der Waals surface area contributed by atoms with Gasteiger partial charge in [-0.25, -0.2) is 14.5 Å². The van der Waals surface area contributed by atoms with Gasteiger partial charge in [0.15, 0.2) is 16.9 Å². The van der Waals surface area contributed by atoms with E-state index in [1.54, 1.807) is 62.4 Å². The molecule has 18 nitrogen and oxygen atoms in total. The quantitative estimate of drug-likeness (QED) is 0.0344. The zero-order valence-electron chi connectivity index (χ0n) is 31.0. The summed E-state index contributed by atoms with van der Waals surface area (Å²) in [4.78, 5) is 73.1. The Morgan fingerprint density at radius 2 is 1.64 bits per heavy atom. The van der Waals surface area contributed by atoms with Crippen LogP contribution < -0.4 is 21.5 Å². The first-order chi connectivity index (χ1) is 26.2. The number of unbranched alkanes of at least 4 members (excludes halogenated alkanes) is 1. The molecule has 0 spiro atoms. The van der Waals surface area contributed by atoms with E-state index in [4.69, 9.17) is 23.8 Å². The summed E-state index contributed by atoms with van der Waals surface area (Å²) >= 11 is 0. The lowest BCUT2D eigenvalue weighted by molar-refractivity contribution is -0.142. The van der Waals surface area contributed by atoms with E-state index in [1.807, 2.05) is 0 Å². The molecule has 1 unspecified atom stereocenters. The molecule has 0 fully saturated rings. The van der Waals surface area contributed by atoms with Gasteiger partial charge in [0.1, 0.15) is 0 Å². The number of benzene rings is 2. The number of amides is 1. The third kappa shape index (κ3) is 14.7. The van der Waals surface area contributed by atoms with Crippen molar-refractivity contribution in [2.45, 2.75) is 59.9 Å². The highest BCUT2D eigenvalue weighted by atomic mass is 31.2. The lowest BCUT2D eigenvalue weighted by atomic mass is 10.1. The third-order valence-electron chi connectivity index (χ3n) is 7.55. The highest BCUT2D eigenvalue weighted by Gasteiger charge is 2.24. The first kappa shape index (κ1) is 43.9. The van der Waals surface area contributed by atoms with Crippen molar-refractivity contribution in [2.75, 3.05) is 37.0 Å². The van der Waals surface area contributed by atoms with E-state index in [-0.39, 0.29) is 61.5 Å². The molecular weight excluding hydrogens is 737 g/mol. The number of H-pyrrole nitrogens is 1. The molecular formula is C36H46N7O11P. The summed E-state index contributed by atoms with van der Waals surface area (Å²) in [6, 6.07) is 13.8. The van der Waals surface area contributed by atoms with E-state index in [1.165, 1.54) is 20.0 Å². The number of aliphatic carboxylic acids is 2. The highest BCUT2D eigenvalue weighted by molar-refractivity contribution is 7.48. The number of fused-ring (bicyclic) bond motifs is 1.